The van der Waals surface area contributed by atoms with E-state index in [0.717, 1.165) is 10.9 Å². The monoisotopic (exact) mass is 423 g/mol. The van der Waals surface area contributed by atoms with Crippen LogP contribution in [0.25, 0.3) is 0 Å². The fourth-order valence-corrected chi connectivity index (χ4v) is 3.46. The van der Waals surface area contributed by atoms with Gasteiger partial charge >= 0.3 is 12.1 Å². The van der Waals surface area contributed by atoms with Crippen LogP contribution in [0.2, 0.25) is 0 Å². The highest BCUT2D eigenvalue weighted by Gasteiger charge is 2.57. The molecule has 1 aromatic carbocycles. The van der Waals surface area contributed by atoms with Gasteiger partial charge in [-0.1, -0.05) is 28.1 Å². The summed E-state index contributed by atoms with van der Waals surface area (Å²) in [4.78, 5) is 38.5. The van der Waals surface area contributed by atoms with Crippen LogP contribution in [0.5, 0.6) is 0 Å². The Kier molecular flexibility index (Phi) is 5.10. The Morgan fingerprint density at radius 2 is 1.81 bits per heavy atom. The first-order valence-corrected chi connectivity index (χ1v) is 9.42. The van der Waals surface area contributed by atoms with Gasteiger partial charge in [-0.05, 0) is 51.7 Å². The van der Waals surface area contributed by atoms with Crippen molar-refractivity contribution in [2.45, 2.75) is 51.3 Å². The van der Waals surface area contributed by atoms with Crippen LogP contribution in [0.15, 0.2) is 28.7 Å². The van der Waals surface area contributed by atoms with Crippen LogP contribution < -0.4 is 0 Å². The highest BCUT2D eigenvalue weighted by Crippen LogP contribution is 2.48. The van der Waals surface area contributed by atoms with Crippen molar-refractivity contribution in [3.63, 3.8) is 0 Å². The molecule has 1 aliphatic carbocycles. The SMILES string of the molecule is CC(C)(C)OC(=O)N1[C@@H]2C[C@@H]2C[C@H]1C(=O)OCC(=O)c1ccc(Br)cc1. The summed E-state index contributed by atoms with van der Waals surface area (Å²) in [6, 6.07) is 6.21. The number of nitrogens with zero attached hydrogens (tertiary/aromatic N) is 1. The summed E-state index contributed by atoms with van der Waals surface area (Å²) >= 11 is 3.31. The normalized spacial score (nSPS) is 24.0. The zero-order valence-electron chi connectivity index (χ0n) is 15.0. The molecule has 1 saturated heterocycles. The summed E-state index contributed by atoms with van der Waals surface area (Å²) in [5.74, 6) is -0.506. The average Bonchev–Trinajstić information content (AvgIpc) is 3.20. The van der Waals surface area contributed by atoms with Crippen LogP contribution in [0.4, 0.5) is 4.79 Å². The van der Waals surface area contributed by atoms with Crippen LogP contribution in [0.3, 0.4) is 0 Å². The second kappa shape index (κ2) is 7.02. The van der Waals surface area contributed by atoms with Gasteiger partial charge in [0.2, 0.25) is 0 Å². The Morgan fingerprint density at radius 1 is 1.15 bits per heavy atom. The van der Waals surface area contributed by atoms with Gasteiger partial charge in [0.1, 0.15) is 11.6 Å². The minimum absolute atomic E-state index is 0.0459. The van der Waals surface area contributed by atoms with Crippen molar-refractivity contribution in [3.8, 4) is 0 Å². The molecule has 1 amide bonds. The van der Waals surface area contributed by atoms with E-state index in [4.69, 9.17) is 9.47 Å². The molecule has 3 atom stereocenters. The predicted molar refractivity (Wildman–Crippen MR) is 97.8 cm³/mol. The molecule has 3 rings (SSSR count). The van der Waals surface area contributed by atoms with Crippen molar-refractivity contribution < 1.29 is 23.9 Å². The van der Waals surface area contributed by atoms with E-state index in [9.17, 15) is 14.4 Å². The highest BCUT2D eigenvalue weighted by atomic mass is 79.9. The number of amides is 1. The number of carbonyl (C=O) groups excluding carboxylic acids is 3. The molecule has 140 valence electrons. The zero-order chi connectivity index (χ0) is 19.1. The molecule has 1 aliphatic heterocycles. The molecule has 26 heavy (non-hydrogen) atoms. The summed E-state index contributed by atoms with van der Waals surface area (Å²) in [5, 5.41) is 0. The number of esters is 1. The van der Waals surface area contributed by atoms with Crippen molar-refractivity contribution in [2.24, 2.45) is 5.92 Å². The van der Waals surface area contributed by atoms with E-state index in [1.807, 2.05) is 0 Å². The van der Waals surface area contributed by atoms with Crippen molar-refractivity contribution >= 4 is 33.8 Å². The number of carbonyl (C=O) groups is 3. The molecule has 0 unspecified atom stereocenters. The summed E-state index contributed by atoms with van der Waals surface area (Å²) in [6.45, 7) is 5.02. The Bertz CT molecular complexity index is 724. The van der Waals surface area contributed by atoms with E-state index in [1.165, 1.54) is 4.90 Å². The molecule has 0 N–H and O–H groups in total. The quantitative estimate of drug-likeness (QED) is 0.546. The molecule has 0 radical (unpaired) electrons. The van der Waals surface area contributed by atoms with E-state index in [-0.39, 0.29) is 18.4 Å². The molecule has 1 saturated carbocycles. The molecule has 0 bridgehead atoms. The largest absolute Gasteiger partial charge is 0.456 e. The van der Waals surface area contributed by atoms with Crippen molar-refractivity contribution in [1.82, 2.24) is 4.90 Å². The number of piperidine rings is 1. The first-order valence-electron chi connectivity index (χ1n) is 8.62. The smallest absolute Gasteiger partial charge is 0.411 e. The fourth-order valence-electron chi connectivity index (χ4n) is 3.20. The number of hydrogen-bond donors (Lipinski definition) is 0. The number of benzene rings is 1. The lowest BCUT2D eigenvalue weighted by atomic mass is 10.1. The minimum Gasteiger partial charge on any atom is -0.456 e. The number of likely N-dealkylation sites (tertiary alicyclic amines) is 1. The first-order chi connectivity index (χ1) is 12.2. The van der Waals surface area contributed by atoms with Crippen molar-refractivity contribution in [1.29, 1.82) is 0 Å². The molecule has 0 aromatic heterocycles. The van der Waals surface area contributed by atoms with Gasteiger partial charge in [0, 0.05) is 16.1 Å². The number of hydrogen-bond acceptors (Lipinski definition) is 5. The van der Waals surface area contributed by atoms with Gasteiger partial charge in [-0.25, -0.2) is 9.59 Å². The first kappa shape index (κ1) is 18.9. The molecule has 6 nitrogen and oxygen atoms in total. The Labute approximate surface area is 161 Å². The maximum atomic E-state index is 12.5. The third-order valence-corrected chi connectivity index (χ3v) is 5.02. The third-order valence-electron chi connectivity index (χ3n) is 4.49. The minimum atomic E-state index is -0.675. The van der Waals surface area contributed by atoms with Gasteiger partial charge in [0.05, 0.1) is 0 Å². The predicted octanol–water partition coefficient (Wildman–Crippen LogP) is 3.57. The fraction of sp³-hybridized carbons (Fsp3) is 0.526. The average molecular weight is 424 g/mol. The van der Waals surface area contributed by atoms with E-state index in [1.54, 1.807) is 45.0 Å². The van der Waals surface area contributed by atoms with Crippen LogP contribution in [-0.4, -0.2) is 47.0 Å². The molecule has 7 heteroatoms. The van der Waals surface area contributed by atoms with Crippen LogP contribution in [0, 0.1) is 5.92 Å². The second-order valence-electron chi connectivity index (χ2n) is 7.74. The summed E-state index contributed by atoms with van der Waals surface area (Å²) < 4.78 is 11.5. The third kappa shape index (κ3) is 4.26. The maximum absolute atomic E-state index is 12.5. The van der Waals surface area contributed by atoms with Crippen LogP contribution >= 0.6 is 15.9 Å². The highest BCUT2D eigenvalue weighted by molar-refractivity contribution is 9.10. The number of ketones is 1. The number of halogens is 1. The summed E-state index contributed by atoms with van der Waals surface area (Å²) in [5.41, 5.74) is -0.157. The Hall–Kier alpha value is -1.89. The molecule has 0 spiro atoms. The molecular weight excluding hydrogens is 402 g/mol. The van der Waals surface area contributed by atoms with Gasteiger partial charge in [0.15, 0.2) is 12.4 Å². The number of rotatable bonds is 4. The van der Waals surface area contributed by atoms with Gasteiger partial charge in [-0.3, -0.25) is 9.69 Å². The zero-order valence-corrected chi connectivity index (χ0v) is 16.6. The number of ether oxygens (including phenoxy) is 2. The van der Waals surface area contributed by atoms with E-state index in [0.29, 0.717) is 17.9 Å². The number of Topliss-reactive ketones (excluding diaryl/α,β-unsaturated/α-hetero) is 1. The molecule has 1 heterocycles. The molecule has 2 aliphatic rings. The summed E-state index contributed by atoms with van der Waals surface area (Å²) in [7, 11) is 0. The lowest BCUT2D eigenvalue weighted by molar-refractivity contribution is -0.148. The van der Waals surface area contributed by atoms with Crippen molar-refractivity contribution in [3.05, 3.63) is 34.3 Å². The maximum Gasteiger partial charge on any atom is 0.411 e. The standard InChI is InChI=1S/C19H22BrNO5/c1-19(2,3)26-18(24)21-14-8-12(14)9-15(21)17(23)25-10-16(22)11-4-6-13(20)7-5-11/h4-7,12,14-15H,8-10H2,1-3H3/t12-,14-,15+/m1/s1. The summed E-state index contributed by atoms with van der Waals surface area (Å²) in [6.07, 6.45) is 0.958. The Morgan fingerprint density at radius 3 is 2.42 bits per heavy atom. The van der Waals surface area contributed by atoms with E-state index < -0.39 is 23.7 Å². The van der Waals surface area contributed by atoms with Gasteiger partial charge in [-0.15, -0.1) is 0 Å². The Balaban J connectivity index is 1.59. The molecular formula is C19H22BrNO5. The van der Waals surface area contributed by atoms with Crippen molar-refractivity contribution in [2.75, 3.05) is 6.61 Å². The molecule has 2 fully saturated rings. The van der Waals surface area contributed by atoms with Crippen LogP contribution in [-0.2, 0) is 14.3 Å². The van der Waals surface area contributed by atoms with Gasteiger partial charge < -0.3 is 9.47 Å². The van der Waals surface area contributed by atoms with Gasteiger partial charge in [0.25, 0.3) is 0 Å². The van der Waals surface area contributed by atoms with E-state index in [2.05, 4.69) is 15.9 Å². The number of fused-ring (bicyclic) bond motifs is 1. The molecule has 1 aromatic rings. The van der Waals surface area contributed by atoms with Crippen LogP contribution in [0.1, 0.15) is 44.0 Å². The topological polar surface area (TPSA) is 72.9 Å². The lowest BCUT2D eigenvalue weighted by Crippen LogP contribution is -2.46. The second-order valence-corrected chi connectivity index (χ2v) is 8.66. The van der Waals surface area contributed by atoms with E-state index >= 15 is 0 Å². The van der Waals surface area contributed by atoms with Gasteiger partial charge in [-0.2, -0.15) is 0 Å². The lowest BCUT2D eigenvalue weighted by Gasteiger charge is -2.29.